The van der Waals surface area contributed by atoms with E-state index >= 15 is 0 Å². The highest BCUT2D eigenvalue weighted by molar-refractivity contribution is 5.29. The molecule has 0 amide bonds. The van der Waals surface area contributed by atoms with Gasteiger partial charge in [-0.2, -0.15) is 4.98 Å². The van der Waals surface area contributed by atoms with Crippen LogP contribution < -0.4 is 4.90 Å². The second-order valence-corrected chi connectivity index (χ2v) is 6.33. The lowest BCUT2D eigenvalue weighted by atomic mass is 10.2. The fourth-order valence-electron chi connectivity index (χ4n) is 2.96. The zero-order chi connectivity index (χ0) is 14.8. The van der Waals surface area contributed by atoms with Gasteiger partial charge in [0.2, 0.25) is 5.95 Å². The van der Waals surface area contributed by atoms with Crippen molar-refractivity contribution in [2.24, 2.45) is 0 Å². The molecule has 2 aliphatic rings. The number of aromatic amines is 1. The van der Waals surface area contributed by atoms with Gasteiger partial charge in [-0.15, -0.1) is 5.10 Å². The van der Waals surface area contributed by atoms with Crippen LogP contribution in [-0.2, 0) is 0 Å². The number of rotatable bonds is 6. The molecule has 1 aliphatic carbocycles. The first-order valence-electron chi connectivity index (χ1n) is 7.86. The molecule has 1 aromatic heterocycles. The van der Waals surface area contributed by atoms with E-state index in [4.69, 9.17) is 0 Å². The first-order chi connectivity index (χ1) is 10.1. The maximum Gasteiger partial charge on any atom is 0.244 e. The largest absolute Gasteiger partial charge is 0.390 e. The Morgan fingerprint density at radius 2 is 2.05 bits per heavy atom. The summed E-state index contributed by atoms with van der Waals surface area (Å²) in [5.74, 6) is 1.65. The number of nitrogens with one attached hydrogen (secondary N) is 1. The molecule has 1 unspecified atom stereocenters. The summed E-state index contributed by atoms with van der Waals surface area (Å²) >= 11 is 0. The van der Waals surface area contributed by atoms with Gasteiger partial charge < -0.3 is 14.9 Å². The zero-order valence-corrected chi connectivity index (χ0v) is 13.0. The highest BCUT2D eigenvalue weighted by Crippen LogP contribution is 2.25. The van der Waals surface area contributed by atoms with E-state index in [0.29, 0.717) is 6.04 Å². The average Bonchev–Trinajstić information content (AvgIpc) is 3.22. The van der Waals surface area contributed by atoms with Crippen molar-refractivity contribution < 1.29 is 5.11 Å². The number of hydrogen-bond acceptors (Lipinski definition) is 6. The first kappa shape index (κ1) is 14.7. The molecule has 1 saturated carbocycles. The van der Waals surface area contributed by atoms with E-state index in [1.54, 1.807) is 0 Å². The van der Waals surface area contributed by atoms with Gasteiger partial charge in [0, 0.05) is 45.3 Å². The lowest BCUT2D eigenvalue weighted by molar-refractivity contribution is 0.0774. The number of aliphatic hydroxyl groups is 1. The van der Waals surface area contributed by atoms with E-state index in [2.05, 4.69) is 36.9 Å². The van der Waals surface area contributed by atoms with Crippen molar-refractivity contribution in [3.8, 4) is 0 Å². The van der Waals surface area contributed by atoms with Crippen molar-refractivity contribution in [2.75, 3.05) is 51.2 Å². The van der Waals surface area contributed by atoms with E-state index in [9.17, 15) is 5.11 Å². The summed E-state index contributed by atoms with van der Waals surface area (Å²) in [4.78, 5) is 11.2. The summed E-state index contributed by atoms with van der Waals surface area (Å²) in [6.07, 6.45) is 2.32. The van der Waals surface area contributed by atoms with Crippen LogP contribution in [0.4, 0.5) is 5.95 Å². The Bertz CT molecular complexity index is 452. The average molecular weight is 294 g/mol. The summed E-state index contributed by atoms with van der Waals surface area (Å²) in [5.41, 5.74) is 0. The van der Waals surface area contributed by atoms with E-state index in [-0.39, 0.29) is 6.10 Å². The predicted molar refractivity (Wildman–Crippen MR) is 81.4 cm³/mol. The lowest BCUT2D eigenvalue weighted by Gasteiger charge is -2.35. The number of β-amino-alcohol motifs (C(OH)–C–C–N with tert-alkyl or cyclic N) is 1. The molecule has 2 N–H and O–H groups in total. The van der Waals surface area contributed by atoms with Crippen molar-refractivity contribution in [1.82, 2.24) is 25.0 Å². The molecule has 2 fully saturated rings. The Balaban J connectivity index is 1.40. The van der Waals surface area contributed by atoms with Crippen molar-refractivity contribution >= 4 is 5.95 Å². The maximum absolute atomic E-state index is 10.2. The zero-order valence-electron chi connectivity index (χ0n) is 13.0. The molecule has 0 aromatic carbocycles. The second kappa shape index (κ2) is 6.29. The summed E-state index contributed by atoms with van der Waals surface area (Å²) in [7, 11) is 2.12. The highest BCUT2D eigenvalue weighted by Gasteiger charge is 2.28. The number of aryl methyl sites for hydroxylation is 1. The van der Waals surface area contributed by atoms with Crippen LogP contribution in [0.15, 0.2) is 0 Å². The minimum Gasteiger partial charge on any atom is -0.390 e. The van der Waals surface area contributed by atoms with Gasteiger partial charge in [0.15, 0.2) is 0 Å². The van der Waals surface area contributed by atoms with Gasteiger partial charge in [0.05, 0.1) is 6.10 Å². The van der Waals surface area contributed by atoms with Crippen LogP contribution in [0.25, 0.3) is 0 Å². The van der Waals surface area contributed by atoms with Gasteiger partial charge in [-0.25, -0.2) is 0 Å². The Kier molecular flexibility index (Phi) is 4.42. The minimum absolute atomic E-state index is 0.257. The predicted octanol–water partition coefficient (Wildman–Crippen LogP) is -0.310. The third-order valence-corrected chi connectivity index (χ3v) is 4.38. The van der Waals surface area contributed by atoms with Crippen LogP contribution >= 0.6 is 0 Å². The highest BCUT2D eigenvalue weighted by atomic mass is 16.3. The van der Waals surface area contributed by atoms with Gasteiger partial charge in [-0.1, -0.05) is 0 Å². The molecule has 118 valence electrons. The van der Waals surface area contributed by atoms with E-state index in [1.165, 1.54) is 12.8 Å². The van der Waals surface area contributed by atoms with E-state index in [1.807, 2.05) is 6.92 Å². The van der Waals surface area contributed by atoms with Gasteiger partial charge in [0.25, 0.3) is 0 Å². The molecule has 1 atom stereocenters. The summed E-state index contributed by atoms with van der Waals surface area (Å²) in [6, 6.07) is 0.713. The Morgan fingerprint density at radius 1 is 1.33 bits per heavy atom. The van der Waals surface area contributed by atoms with Crippen molar-refractivity contribution in [2.45, 2.75) is 31.9 Å². The number of aromatic nitrogens is 3. The Morgan fingerprint density at radius 3 is 2.62 bits per heavy atom. The number of piperazine rings is 1. The van der Waals surface area contributed by atoms with Gasteiger partial charge >= 0.3 is 0 Å². The number of likely N-dealkylation sites (N-methyl/N-ethyl adjacent to an activating group) is 1. The van der Waals surface area contributed by atoms with Crippen LogP contribution in [0.3, 0.4) is 0 Å². The number of aliphatic hydroxyl groups excluding tert-OH is 1. The normalized spacial score (nSPS) is 22.0. The van der Waals surface area contributed by atoms with Crippen molar-refractivity contribution in [3.05, 3.63) is 5.82 Å². The Labute approximate surface area is 125 Å². The van der Waals surface area contributed by atoms with E-state index < -0.39 is 0 Å². The Hall–Kier alpha value is -1.18. The van der Waals surface area contributed by atoms with Crippen LogP contribution in [0.2, 0.25) is 0 Å². The van der Waals surface area contributed by atoms with Crippen LogP contribution in [-0.4, -0.2) is 88.5 Å². The molecule has 2 heterocycles. The van der Waals surface area contributed by atoms with Gasteiger partial charge in [-0.3, -0.25) is 10.00 Å². The monoisotopic (exact) mass is 294 g/mol. The molecule has 1 aromatic rings. The molecule has 0 spiro atoms. The lowest BCUT2D eigenvalue weighted by Crippen LogP contribution is -2.50. The molecule has 0 bridgehead atoms. The van der Waals surface area contributed by atoms with E-state index in [0.717, 1.165) is 51.0 Å². The fraction of sp³-hybridized carbons (Fsp3) is 0.857. The molecule has 0 radical (unpaired) electrons. The fourth-order valence-corrected chi connectivity index (χ4v) is 2.96. The minimum atomic E-state index is -0.257. The number of H-pyrrole nitrogens is 1. The second-order valence-electron chi connectivity index (χ2n) is 6.33. The number of nitrogens with zero attached hydrogens (tertiary/aromatic N) is 5. The quantitative estimate of drug-likeness (QED) is 0.750. The van der Waals surface area contributed by atoms with Crippen LogP contribution in [0.1, 0.15) is 18.7 Å². The molecule has 1 saturated heterocycles. The van der Waals surface area contributed by atoms with Gasteiger partial charge in [-0.05, 0) is 26.8 Å². The van der Waals surface area contributed by atoms with Crippen LogP contribution in [0, 0.1) is 6.92 Å². The molecule has 21 heavy (non-hydrogen) atoms. The third-order valence-electron chi connectivity index (χ3n) is 4.38. The molecule has 7 heteroatoms. The molecule has 3 rings (SSSR count). The SMILES string of the molecule is Cc1nc(N2CCN(CC(O)CN(C)C3CC3)CC2)n[nH]1. The van der Waals surface area contributed by atoms with Crippen LogP contribution in [0.5, 0.6) is 0 Å². The molecule has 1 aliphatic heterocycles. The van der Waals surface area contributed by atoms with Crippen molar-refractivity contribution in [1.29, 1.82) is 0 Å². The number of hydrogen-bond donors (Lipinski definition) is 2. The molecule has 7 nitrogen and oxygen atoms in total. The summed E-state index contributed by atoms with van der Waals surface area (Å²) < 4.78 is 0. The van der Waals surface area contributed by atoms with Crippen molar-refractivity contribution in [3.63, 3.8) is 0 Å². The molecular formula is C14H26N6O. The first-order valence-corrected chi connectivity index (χ1v) is 7.86. The summed E-state index contributed by atoms with van der Waals surface area (Å²) in [6.45, 7) is 7.21. The third kappa shape index (κ3) is 3.93. The smallest absolute Gasteiger partial charge is 0.244 e. The summed E-state index contributed by atoms with van der Waals surface area (Å²) in [5, 5.41) is 17.3. The maximum atomic E-state index is 10.2. The molecular weight excluding hydrogens is 268 g/mol. The van der Waals surface area contributed by atoms with Gasteiger partial charge in [0.1, 0.15) is 5.82 Å². The topological polar surface area (TPSA) is 71.5 Å². The number of anilines is 1. The standard InChI is InChI=1S/C14H26N6O/c1-11-15-14(17-16-11)20-7-5-19(6-8-20)10-13(21)9-18(2)12-3-4-12/h12-13,21H,3-10H2,1-2H3,(H,15,16,17).